The lowest BCUT2D eigenvalue weighted by molar-refractivity contribution is -0.357. The Bertz CT molecular complexity index is 979. The molecule has 2 aromatic rings. The monoisotopic (exact) mass is 493 g/mol. The van der Waals surface area contributed by atoms with Crippen LogP contribution >= 0.6 is 11.6 Å². The molecule has 1 amide bonds. The van der Waals surface area contributed by atoms with E-state index in [1.54, 1.807) is 0 Å². The Balaban J connectivity index is 1.30. The number of carbonyl (C=O) groups excluding carboxylic acids is 1. The zero-order valence-corrected chi connectivity index (χ0v) is 17.9. The summed E-state index contributed by atoms with van der Waals surface area (Å²) in [6.07, 6.45) is -5.04. The van der Waals surface area contributed by atoms with Gasteiger partial charge in [-0.2, -0.15) is 0 Å². The minimum atomic E-state index is -4.65. The van der Waals surface area contributed by atoms with Crippen molar-refractivity contribution >= 4 is 17.5 Å². The first kappa shape index (κ1) is 24.9. The van der Waals surface area contributed by atoms with Crippen LogP contribution in [0.2, 0.25) is 5.02 Å². The number of nitrogens with one attached hydrogen (secondary N) is 1. The Morgan fingerprint density at radius 3 is 2.67 bits per heavy atom. The van der Waals surface area contributed by atoms with Crippen LogP contribution in [0.25, 0.3) is 0 Å². The molecule has 0 unspecified atom stereocenters. The zero-order valence-electron chi connectivity index (χ0n) is 17.2. The zero-order chi connectivity index (χ0) is 24.0. The molecule has 1 N–H and O–H groups in total. The van der Waals surface area contributed by atoms with Gasteiger partial charge in [0.05, 0.1) is 17.2 Å². The summed E-state index contributed by atoms with van der Waals surface area (Å²) >= 11 is 5.58. The van der Waals surface area contributed by atoms with Gasteiger partial charge in [0, 0.05) is 31.0 Å². The van der Waals surface area contributed by atoms with Crippen LogP contribution in [-0.4, -0.2) is 41.3 Å². The van der Waals surface area contributed by atoms with Gasteiger partial charge in [0.1, 0.15) is 18.2 Å². The highest BCUT2D eigenvalue weighted by Crippen LogP contribution is 2.32. The molecule has 1 aliphatic carbocycles. The van der Waals surface area contributed by atoms with Crippen molar-refractivity contribution in [2.45, 2.75) is 50.9 Å². The number of aryl methyl sites for hydroxylation is 1. The summed E-state index contributed by atoms with van der Waals surface area (Å²) in [4.78, 5) is 11.9. The molecule has 0 atom stereocenters. The van der Waals surface area contributed by atoms with E-state index in [-0.39, 0.29) is 54.7 Å². The fourth-order valence-corrected chi connectivity index (χ4v) is 2.96. The number of carbonyl (C=O) groups is 1. The SMILES string of the molecule is C=C(CCc1nnc(CO[C@H]2C[C@@H](OC(F)(F)F)C2)o1)NC(=O)COc1ccc(Cl)c(F)c1. The number of halogens is 5. The smallest absolute Gasteiger partial charge is 0.484 e. The van der Waals surface area contributed by atoms with E-state index in [0.29, 0.717) is 18.5 Å². The number of amides is 1. The average Bonchev–Trinajstić information content (AvgIpc) is 3.16. The molecular weight excluding hydrogens is 474 g/mol. The van der Waals surface area contributed by atoms with Crippen LogP contribution in [0.4, 0.5) is 17.6 Å². The van der Waals surface area contributed by atoms with Gasteiger partial charge in [-0.15, -0.1) is 23.4 Å². The van der Waals surface area contributed by atoms with E-state index in [0.717, 1.165) is 6.07 Å². The van der Waals surface area contributed by atoms with Crippen molar-refractivity contribution in [3.05, 3.63) is 53.1 Å². The second-order valence-corrected chi connectivity index (χ2v) is 7.60. The molecule has 33 heavy (non-hydrogen) atoms. The summed E-state index contributed by atoms with van der Waals surface area (Å²) in [6, 6.07) is 3.82. The number of benzene rings is 1. The standard InChI is InChI=1S/C20H20ClF4N3O5/c1-11(26-17(29)9-30-12-3-4-15(21)16(22)8-12)2-5-18-27-28-19(32-18)10-31-13-6-14(7-13)33-20(23,24)25/h3-4,8,13-14H,1-2,5-7,9-10H2,(H,26,29)/t13-,14+. The molecule has 1 aromatic heterocycles. The van der Waals surface area contributed by atoms with Crippen molar-refractivity contribution < 1.29 is 41.0 Å². The quantitative estimate of drug-likeness (QED) is 0.471. The van der Waals surface area contributed by atoms with Crippen LogP contribution in [0.1, 0.15) is 31.0 Å². The third kappa shape index (κ3) is 8.30. The summed E-state index contributed by atoms with van der Waals surface area (Å²) in [6.45, 7) is 3.36. The molecule has 1 heterocycles. The number of hydrogen-bond acceptors (Lipinski definition) is 7. The third-order valence-corrected chi connectivity index (χ3v) is 4.83. The van der Waals surface area contributed by atoms with Crippen molar-refractivity contribution in [3.63, 3.8) is 0 Å². The first-order valence-corrected chi connectivity index (χ1v) is 10.2. The maximum absolute atomic E-state index is 13.4. The van der Waals surface area contributed by atoms with E-state index < -0.39 is 24.2 Å². The van der Waals surface area contributed by atoms with Crippen molar-refractivity contribution in [2.24, 2.45) is 0 Å². The van der Waals surface area contributed by atoms with Gasteiger partial charge in [-0.3, -0.25) is 9.53 Å². The Hall–Kier alpha value is -2.70. The Morgan fingerprint density at radius 2 is 1.97 bits per heavy atom. The van der Waals surface area contributed by atoms with Gasteiger partial charge < -0.3 is 19.2 Å². The lowest BCUT2D eigenvalue weighted by Crippen LogP contribution is -2.40. The van der Waals surface area contributed by atoms with Crippen molar-refractivity contribution in [2.75, 3.05) is 6.61 Å². The fourth-order valence-electron chi connectivity index (χ4n) is 2.84. The van der Waals surface area contributed by atoms with Crippen LogP contribution in [0, 0.1) is 5.82 Å². The Morgan fingerprint density at radius 1 is 1.24 bits per heavy atom. The lowest BCUT2D eigenvalue weighted by Gasteiger charge is -2.34. The molecule has 0 spiro atoms. The molecule has 3 rings (SSSR count). The molecular formula is C20H20ClF4N3O5. The number of hydrogen-bond donors (Lipinski definition) is 1. The molecule has 180 valence electrons. The molecule has 1 aliphatic rings. The first-order chi connectivity index (χ1) is 15.6. The summed E-state index contributed by atoms with van der Waals surface area (Å²) in [5.41, 5.74) is 0.382. The van der Waals surface area contributed by atoms with Crippen molar-refractivity contribution in [1.29, 1.82) is 0 Å². The average molecular weight is 494 g/mol. The van der Waals surface area contributed by atoms with Gasteiger partial charge in [0.15, 0.2) is 6.61 Å². The summed E-state index contributed by atoms with van der Waals surface area (Å²) in [5.74, 6) is -0.519. The summed E-state index contributed by atoms with van der Waals surface area (Å²) in [5, 5.41) is 10.2. The molecule has 13 heteroatoms. The number of allylic oxidation sites excluding steroid dienone is 1. The molecule has 0 saturated heterocycles. The number of aromatic nitrogens is 2. The topological polar surface area (TPSA) is 95.7 Å². The molecule has 1 fully saturated rings. The van der Waals surface area contributed by atoms with E-state index in [1.807, 2.05) is 0 Å². The molecule has 0 radical (unpaired) electrons. The third-order valence-electron chi connectivity index (χ3n) is 4.52. The predicted molar refractivity (Wildman–Crippen MR) is 106 cm³/mol. The van der Waals surface area contributed by atoms with E-state index in [1.165, 1.54) is 12.1 Å². The number of ether oxygens (including phenoxy) is 3. The maximum Gasteiger partial charge on any atom is 0.522 e. The Labute approximate surface area is 190 Å². The van der Waals surface area contributed by atoms with Gasteiger partial charge in [0.25, 0.3) is 5.91 Å². The van der Waals surface area contributed by atoms with Crippen molar-refractivity contribution in [3.8, 4) is 5.75 Å². The normalized spacial score (nSPS) is 18.0. The second-order valence-electron chi connectivity index (χ2n) is 7.20. The highest BCUT2D eigenvalue weighted by Gasteiger charge is 2.40. The fraction of sp³-hybridized carbons (Fsp3) is 0.450. The van der Waals surface area contributed by atoms with E-state index >= 15 is 0 Å². The predicted octanol–water partition coefficient (Wildman–Crippen LogP) is 4.09. The molecule has 0 aliphatic heterocycles. The highest BCUT2D eigenvalue weighted by atomic mass is 35.5. The van der Waals surface area contributed by atoms with Crippen LogP contribution in [0.3, 0.4) is 0 Å². The molecule has 1 aromatic carbocycles. The van der Waals surface area contributed by atoms with Crippen molar-refractivity contribution in [1.82, 2.24) is 15.5 Å². The summed E-state index contributed by atoms with van der Waals surface area (Å²) in [7, 11) is 0. The van der Waals surface area contributed by atoms with Gasteiger partial charge in [-0.1, -0.05) is 18.2 Å². The van der Waals surface area contributed by atoms with Crippen LogP contribution < -0.4 is 10.1 Å². The minimum absolute atomic E-state index is 0.0310. The maximum atomic E-state index is 13.4. The van der Waals surface area contributed by atoms with Crippen LogP contribution in [0.5, 0.6) is 5.75 Å². The second kappa shape index (κ2) is 10.9. The molecule has 8 nitrogen and oxygen atoms in total. The molecule has 1 saturated carbocycles. The van der Waals surface area contributed by atoms with E-state index in [9.17, 15) is 22.4 Å². The van der Waals surface area contributed by atoms with Crippen LogP contribution in [0.15, 0.2) is 34.9 Å². The van der Waals surface area contributed by atoms with E-state index in [4.69, 9.17) is 25.5 Å². The van der Waals surface area contributed by atoms with Crippen LogP contribution in [-0.2, 0) is 27.3 Å². The van der Waals surface area contributed by atoms with Gasteiger partial charge in [-0.25, -0.2) is 4.39 Å². The largest absolute Gasteiger partial charge is 0.522 e. The van der Waals surface area contributed by atoms with Gasteiger partial charge in [-0.05, 0) is 18.6 Å². The number of nitrogens with zero attached hydrogens (tertiary/aromatic N) is 2. The minimum Gasteiger partial charge on any atom is -0.484 e. The number of alkyl halides is 3. The van der Waals surface area contributed by atoms with E-state index in [2.05, 4.69) is 26.8 Å². The van der Waals surface area contributed by atoms with Gasteiger partial charge >= 0.3 is 6.36 Å². The molecule has 0 bridgehead atoms. The Kier molecular flexibility index (Phi) is 8.27. The highest BCUT2D eigenvalue weighted by molar-refractivity contribution is 6.30. The lowest BCUT2D eigenvalue weighted by atomic mass is 9.92. The summed E-state index contributed by atoms with van der Waals surface area (Å²) < 4.78 is 69.5. The number of rotatable bonds is 11. The first-order valence-electron chi connectivity index (χ1n) is 9.80. The van der Waals surface area contributed by atoms with Gasteiger partial charge in [0.2, 0.25) is 11.8 Å².